The Balaban J connectivity index is 1.60. The molecule has 1 atom stereocenters. The van der Waals surface area contributed by atoms with Crippen molar-refractivity contribution in [3.8, 4) is 0 Å². The maximum absolute atomic E-state index is 12.5. The van der Waals surface area contributed by atoms with Gasteiger partial charge in [-0.1, -0.05) is 12.1 Å². The lowest BCUT2D eigenvalue weighted by Gasteiger charge is -2.13. The number of benzene rings is 1. The monoisotopic (exact) mass is 407 g/mol. The number of amides is 1. The average molecular weight is 408 g/mol. The van der Waals surface area contributed by atoms with E-state index >= 15 is 0 Å². The van der Waals surface area contributed by atoms with Crippen LogP contribution < -0.4 is 14.9 Å². The zero-order valence-electron chi connectivity index (χ0n) is 15.1. The van der Waals surface area contributed by atoms with Crippen LogP contribution in [-0.4, -0.2) is 40.3 Å². The van der Waals surface area contributed by atoms with Gasteiger partial charge in [-0.05, 0) is 36.1 Å². The lowest BCUT2D eigenvalue weighted by Crippen LogP contribution is -3.08. The lowest BCUT2D eigenvalue weighted by molar-refractivity contribution is -0.884. The number of nitrogens with one attached hydrogen (secondary N) is 3. The first-order valence-corrected chi connectivity index (χ1v) is 11.1. The summed E-state index contributed by atoms with van der Waals surface area (Å²) < 4.78 is 27.5. The van der Waals surface area contributed by atoms with Crippen LogP contribution in [0.5, 0.6) is 0 Å². The number of rotatable bonds is 7. The van der Waals surface area contributed by atoms with Crippen LogP contribution >= 0.6 is 11.3 Å². The number of sulfonamides is 1. The molecule has 2 heterocycles. The quantitative estimate of drug-likeness (QED) is 0.636. The normalized spacial score (nSPS) is 15.2. The summed E-state index contributed by atoms with van der Waals surface area (Å²) in [6.45, 7) is 1.71. The molecule has 1 aliphatic rings. The van der Waals surface area contributed by atoms with Crippen molar-refractivity contribution in [1.29, 1.82) is 0 Å². The van der Waals surface area contributed by atoms with Gasteiger partial charge in [-0.15, -0.1) is 11.3 Å². The first kappa shape index (κ1) is 19.5. The highest BCUT2D eigenvalue weighted by Gasteiger charge is 2.19. The maximum atomic E-state index is 12.5. The predicted molar refractivity (Wildman–Crippen MR) is 107 cm³/mol. The van der Waals surface area contributed by atoms with Crippen LogP contribution in [0.2, 0.25) is 0 Å². The van der Waals surface area contributed by atoms with Gasteiger partial charge in [-0.25, -0.2) is 8.42 Å². The topological polar surface area (TPSA) is 92.1 Å². The minimum atomic E-state index is -3.70. The fraction of sp³-hybridized carbons (Fsp3) is 0.333. The Kier molecular flexibility index (Phi) is 6.25. The molecule has 0 saturated carbocycles. The van der Waals surface area contributed by atoms with Gasteiger partial charge >= 0.3 is 0 Å². The number of carbonyl (C=O) groups excluding carboxylic acids is 1. The minimum absolute atomic E-state index is 0.106. The highest BCUT2D eigenvalue weighted by Crippen LogP contribution is 2.16. The van der Waals surface area contributed by atoms with Gasteiger partial charge in [0, 0.05) is 18.7 Å². The third-order valence-corrected chi connectivity index (χ3v) is 6.33. The van der Waals surface area contributed by atoms with Gasteiger partial charge in [-0.2, -0.15) is 0 Å². The number of thiophene rings is 1. The molecule has 1 aromatic carbocycles. The number of hydrogen-bond donors (Lipinski definition) is 3. The minimum Gasteiger partial charge on any atom is -0.325 e. The molecular formula is C18H23N4O3S2+. The first-order valence-electron chi connectivity index (χ1n) is 8.72. The van der Waals surface area contributed by atoms with E-state index in [-0.39, 0.29) is 10.8 Å². The summed E-state index contributed by atoms with van der Waals surface area (Å²) in [5.41, 5.74) is 0.458. The van der Waals surface area contributed by atoms with Crippen molar-refractivity contribution in [2.45, 2.75) is 24.3 Å². The molecule has 0 radical (unpaired) electrons. The Hall–Kier alpha value is -2.23. The summed E-state index contributed by atoms with van der Waals surface area (Å²) >= 11 is 1.66. The Morgan fingerprint density at radius 3 is 2.85 bits per heavy atom. The SMILES string of the molecule is C[NH+](CC(=O)Nc1cccc(S(=O)(=O)NC2=NCCC2)c1)Cc1cccs1. The van der Waals surface area contributed by atoms with E-state index in [4.69, 9.17) is 0 Å². The van der Waals surface area contributed by atoms with Crippen molar-refractivity contribution in [3.05, 3.63) is 46.7 Å². The van der Waals surface area contributed by atoms with E-state index in [1.807, 2.05) is 24.6 Å². The molecule has 1 aromatic heterocycles. The van der Waals surface area contributed by atoms with Gasteiger partial charge in [0.2, 0.25) is 0 Å². The largest absolute Gasteiger partial charge is 0.325 e. The fourth-order valence-corrected chi connectivity index (χ4v) is 4.78. The molecule has 1 amide bonds. The number of quaternary nitrogens is 1. The zero-order valence-corrected chi connectivity index (χ0v) is 16.7. The number of likely N-dealkylation sites (N-methyl/N-ethyl adjacent to an activating group) is 1. The Morgan fingerprint density at radius 1 is 1.30 bits per heavy atom. The van der Waals surface area contributed by atoms with Gasteiger partial charge in [0.05, 0.1) is 16.8 Å². The molecule has 0 saturated heterocycles. The predicted octanol–water partition coefficient (Wildman–Crippen LogP) is 0.872. The standard InChI is InChI=1S/C18H22N4O3S2/c1-22(12-15-6-4-10-26-15)13-18(23)20-14-5-2-7-16(11-14)27(24,25)21-17-8-3-9-19-17/h2,4-7,10-11H,3,8-9,12-13H2,1H3,(H,19,21)(H,20,23)/p+1. The number of anilines is 1. The lowest BCUT2D eigenvalue weighted by atomic mass is 10.3. The highest BCUT2D eigenvalue weighted by molar-refractivity contribution is 7.90. The molecule has 3 N–H and O–H groups in total. The summed E-state index contributed by atoms with van der Waals surface area (Å²) in [6, 6.07) is 10.3. The van der Waals surface area contributed by atoms with Crippen LogP contribution in [0.15, 0.2) is 51.7 Å². The van der Waals surface area contributed by atoms with Gasteiger partial charge in [0.25, 0.3) is 15.9 Å². The molecule has 1 unspecified atom stereocenters. The van der Waals surface area contributed by atoms with Crippen LogP contribution in [0, 0.1) is 0 Å². The van der Waals surface area contributed by atoms with E-state index in [9.17, 15) is 13.2 Å². The molecule has 7 nitrogen and oxygen atoms in total. The molecule has 0 aliphatic carbocycles. The second kappa shape index (κ2) is 8.64. The average Bonchev–Trinajstić information content (AvgIpc) is 3.28. The number of amidine groups is 1. The summed E-state index contributed by atoms with van der Waals surface area (Å²) in [5.74, 6) is 0.329. The first-order chi connectivity index (χ1) is 12.9. The molecular weight excluding hydrogens is 384 g/mol. The van der Waals surface area contributed by atoms with E-state index in [0.29, 0.717) is 31.0 Å². The number of nitrogens with zero attached hydrogens (tertiary/aromatic N) is 1. The van der Waals surface area contributed by atoms with Gasteiger partial charge < -0.3 is 10.2 Å². The van der Waals surface area contributed by atoms with E-state index in [1.54, 1.807) is 23.5 Å². The molecule has 2 aromatic rings. The van der Waals surface area contributed by atoms with E-state index < -0.39 is 10.0 Å². The van der Waals surface area contributed by atoms with Crippen LogP contribution in [0.1, 0.15) is 17.7 Å². The summed E-state index contributed by atoms with van der Waals surface area (Å²) in [7, 11) is -1.74. The van der Waals surface area contributed by atoms with Gasteiger partial charge in [0.15, 0.2) is 6.54 Å². The third kappa shape index (κ3) is 5.62. The Bertz CT molecular complexity index is 924. The van der Waals surface area contributed by atoms with Crippen molar-refractivity contribution in [2.75, 3.05) is 25.5 Å². The van der Waals surface area contributed by atoms with Crippen LogP contribution in [0.4, 0.5) is 5.69 Å². The second-order valence-electron chi connectivity index (χ2n) is 6.50. The molecule has 3 rings (SSSR count). The summed E-state index contributed by atoms with van der Waals surface area (Å²) in [6.07, 6.45) is 1.49. The smallest absolute Gasteiger partial charge is 0.279 e. The molecule has 0 bridgehead atoms. The van der Waals surface area contributed by atoms with E-state index in [2.05, 4.69) is 15.0 Å². The second-order valence-corrected chi connectivity index (χ2v) is 9.22. The van der Waals surface area contributed by atoms with E-state index in [1.165, 1.54) is 17.0 Å². The maximum Gasteiger partial charge on any atom is 0.279 e. The molecule has 9 heteroatoms. The van der Waals surface area contributed by atoms with Crippen molar-refractivity contribution < 1.29 is 18.1 Å². The van der Waals surface area contributed by atoms with Crippen LogP contribution in [0.3, 0.4) is 0 Å². The fourth-order valence-electron chi connectivity index (χ4n) is 2.83. The number of aliphatic imine (C=N–C) groups is 1. The van der Waals surface area contributed by atoms with Gasteiger partial charge in [-0.3, -0.25) is 14.5 Å². The number of hydrogen-bond acceptors (Lipinski definition) is 5. The van der Waals surface area contributed by atoms with Crippen LogP contribution in [-0.2, 0) is 21.4 Å². The molecule has 144 valence electrons. The zero-order chi connectivity index (χ0) is 19.3. The number of carbonyl (C=O) groups is 1. The third-order valence-electron chi connectivity index (χ3n) is 4.07. The van der Waals surface area contributed by atoms with Gasteiger partial charge in [0.1, 0.15) is 12.4 Å². The van der Waals surface area contributed by atoms with Crippen molar-refractivity contribution in [2.24, 2.45) is 4.99 Å². The molecule has 1 aliphatic heterocycles. The Labute approximate surface area is 163 Å². The Morgan fingerprint density at radius 2 is 2.15 bits per heavy atom. The molecule has 27 heavy (non-hydrogen) atoms. The summed E-state index contributed by atoms with van der Waals surface area (Å²) in [4.78, 5) is 18.8. The van der Waals surface area contributed by atoms with Crippen molar-refractivity contribution in [3.63, 3.8) is 0 Å². The van der Waals surface area contributed by atoms with E-state index in [0.717, 1.165) is 17.9 Å². The molecule has 0 fully saturated rings. The van der Waals surface area contributed by atoms with Crippen LogP contribution in [0.25, 0.3) is 0 Å². The van der Waals surface area contributed by atoms with Crippen molar-refractivity contribution >= 4 is 38.8 Å². The summed E-state index contributed by atoms with van der Waals surface area (Å²) in [5, 5.41) is 4.79. The molecule has 0 spiro atoms. The van der Waals surface area contributed by atoms with Crippen molar-refractivity contribution in [1.82, 2.24) is 4.72 Å². The highest BCUT2D eigenvalue weighted by atomic mass is 32.2.